The number of nitrogens with one attached hydrogen (secondary N) is 2. The van der Waals surface area contributed by atoms with E-state index in [0.717, 1.165) is 37.5 Å². The Labute approximate surface area is 170 Å². The summed E-state index contributed by atoms with van der Waals surface area (Å²) < 4.78 is 5.33. The van der Waals surface area contributed by atoms with Crippen molar-refractivity contribution >= 4 is 23.2 Å². The third-order valence-electron chi connectivity index (χ3n) is 5.42. The molecule has 2 aliphatic rings. The van der Waals surface area contributed by atoms with Gasteiger partial charge in [0.15, 0.2) is 0 Å². The van der Waals surface area contributed by atoms with E-state index < -0.39 is 0 Å². The van der Waals surface area contributed by atoms with Gasteiger partial charge in [0.25, 0.3) is 0 Å². The molecule has 2 aliphatic heterocycles. The van der Waals surface area contributed by atoms with Gasteiger partial charge in [-0.05, 0) is 29.8 Å². The van der Waals surface area contributed by atoms with Gasteiger partial charge in [-0.15, -0.1) is 0 Å². The number of benzene rings is 2. The zero-order valence-corrected chi connectivity index (χ0v) is 16.7. The molecular formula is C21H25ClN4O2. The largest absolute Gasteiger partial charge is 0.497 e. The van der Waals surface area contributed by atoms with Crippen LogP contribution >= 0.6 is 11.6 Å². The highest BCUT2D eigenvalue weighted by Gasteiger charge is 2.32. The molecule has 0 aromatic heterocycles. The summed E-state index contributed by atoms with van der Waals surface area (Å²) in [6.45, 7) is 3.52. The second kappa shape index (κ2) is 8.39. The van der Waals surface area contributed by atoms with Gasteiger partial charge < -0.3 is 15.0 Å². The molecule has 7 heteroatoms. The van der Waals surface area contributed by atoms with Crippen molar-refractivity contribution in [3.05, 3.63) is 59.1 Å². The highest BCUT2D eigenvalue weighted by atomic mass is 35.5. The van der Waals surface area contributed by atoms with Crippen LogP contribution in [0.3, 0.4) is 0 Å². The van der Waals surface area contributed by atoms with Crippen LogP contribution in [0.1, 0.15) is 18.0 Å². The third-order valence-corrected chi connectivity index (χ3v) is 5.67. The Hall–Kier alpha value is -2.28. The molecule has 2 saturated heterocycles. The number of piperazine rings is 1. The van der Waals surface area contributed by atoms with Crippen molar-refractivity contribution in [3.63, 3.8) is 0 Å². The van der Waals surface area contributed by atoms with E-state index in [0.29, 0.717) is 11.4 Å². The van der Waals surface area contributed by atoms with Gasteiger partial charge in [0.2, 0.25) is 5.91 Å². The van der Waals surface area contributed by atoms with Crippen molar-refractivity contribution in [2.45, 2.75) is 18.8 Å². The van der Waals surface area contributed by atoms with E-state index in [9.17, 15) is 4.79 Å². The Morgan fingerprint density at radius 3 is 2.54 bits per heavy atom. The number of anilines is 1. The molecule has 2 N–H and O–H groups in total. The molecule has 0 aliphatic carbocycles. The lowest BCUT2D eigenvalue weighted by Gasteiger charge is -2.43. The third kappa shape index (κ3) is 4.24. The molecule has 0 saturated carbocycles. The number of carbonyl (C=O) groups excluding carboxylic acids is 1. The fraction of sp³-hybridized carbons (Fsp3) is 0.381. The standard InChI is InChI=1S/C21H25ClN4O2/c1-28-18-4-2-3-17(13-18)25-9-11-26(12-10-25)21-23-19(14-20(27)24-21)15-5-7-16(22)8-6-15/h2-8,13,19,21,23H,9-12,14H2,1H3,(H,24,27). The number of rotatable bonds is 4. The SMILES string of the molecule is COc1cccc(N2CCN(C3NC(=O)CC(c4ccc(Cl)cc4)N3)CC2)c1. The van der Waals surface area contributed by atoms with E-state index in [-0.39, 0.29) is 18.2 Å². The maximum Gasteiger partial charge on any atom is 0.224 e. The van der Waals surface area contributed by atoms with Crippen LogP contribution in [0.15, 0.2) is 48.5 Å². The van der Waals surface area contributed by atoms with E-state index in [1.807, 2.05) is 36.4 Å². The van der Waals surface area contributed by atoms with Crippen LogP contribution in [-0.2, 0) is 4.79 Å². The summed E-state index contributed by atoms with van der Waals surface area (Å²) in [5.41, 5.74) is 2.25. The lowest BCUT2D eigenvalue weighted by Crippen LogP contribution is -2.64. The van der Waals surface area contributed by atoms with Crippen molar-refractivity contribution in [1.29, 1.82) is 0 Å². The molecule has 2 aromatic rings. The molecule has 2 fully saturated rings. The summed E-state index contributed by atoms with van der Waals surface area (Å²) in [6, 6.07) is 15.8. The van der Waals surface area contributed by atoms with Gasteiger partial charge in [-0.3, -0.25) is 15.0 Å². The van der Waals surface area contributed by atoms with Gasteiger partial charge in [0.1, 0.15) is 12.0 Å². The van der Waals surface area contributed by atoms with Gasteiger partial charge in [-0.25, -0.2) is 0 Å². The van der Waals surface area contributed by atoms with Crippen LogP contribution in [0.4, 0.5) is 5.69 Å². The Bertz CT molecular complexity index is 821. The lowest BCUT2D eigenvalue weighted by molar-refractivity contribution is -0.127. The second-order valence-electron chi connectivity index (χ2n) is 7.17. The smallest absolute Gasteiger partial charge is 0.224 e. The number of amides is 1. The van der Waals surface area contributed by atoms with E-state index in [4.69, 9.17) is 16.3 Å². The van der Waals surface area contributed by atoms with Gasteiger partial charge >= 0.3 is 0 Å². The van der Waals surface area contributed by atoms with Crippen molar-refractivity contribution in [2.75, 3.05) is 38.2 Å². The van der Waals surface area contributed by atoms with Gasteiger partial charge in [0.05, 0.1) is 7.11 Å². The number of hydrogen-bond acceptors (Lipinski definition) is 5. The quantitative estimate of drug-likeness (QED) is 0.826. The van der Waals surface area contributed by atoms with Crippen LogP contribution in [0.2, 0.25) is 5.02 Å². The van der Waals surface area contributed by atoms with Crippen molar-refractivity contribution in [3.8, 4) is 5.75 Å². The monoisotopic (exact) mass is 400 g/mol. The molecule has 2 heterocycles. The van der Waals surface area contributed by atoms with E-state index >= 15 is 0 Å². The van der Waals surface area contributed by atoms with Crippen LogP contribution in [0, 0.1) is 0 Å². The van der Waals surface area contributed by atoms with Crippen molar-refractivity contribution < 1.29 is 9.53 Å². The van der Waals surface area contributed by atoms with E-state index in [2.05, 4.69) is 32.6 Å². The van der Waals surface area contributed by atoms with Gasteiger partial charge in [-0.1, -0.05) is 29.8 Å². The highest BCUT2D eigenvalue weighted by molar-refractivity contribution is 6.30. The number of methoxy groups -OCH3 is 1. The summed E-state index contributed by atoms with van der Waals surface area (Å²) in [7, 11) is 1.69. The van der Waals surface area contributed by atoms with Crippen LogP contribution in [-0.4, -0.2) is 50.4 Å². The Balaban J connectivity index is 1.39. The predicted octanol–water partition coefficient (Wildman–Crippen LogP) is 2.61. The maximum atomic E-state index is 12.3. The lowest BCUT2D eigenvalue weighted by atomic mass is 10.0. The summed E-state index contributed by atoms with van der Waals surface area (Å²) in [6.07, 6.45) is 0.274. The van der Waals surface area contributed by atoms with Crippen molar-refractivity contribution in [1.82, 2.24) is 15.5 Å². The summed E-state index contributed by atoms with van der Waals surface area (Å²) in [4.78, 5) is 16.9. The van der Waals surface area contributed by atoms with Gasteiger partial charge in [-0.2, -0.15) is 0 Å². The first-order chi connectivity index (χ1) is 13.6. The van der Waals surface area contributed by atoms with Crippen LogP contribution < -0.4 is 20.3 Å². The molecule has 4 rings (SSSR count). The summed E-state index contributed by atoms with van der Waals surface area (Å²) >= 11 is 5.99. The molecular weight excluding hydrogens is 376 g/mol. The molecule has 2 aromatic carbocycles. The molecule has 2 atom stereocenters. The van der Waals surface area contributed by atoms with E-state index in [1.165, 1.54) is 5.69 Å². The number of ether oxygens (including phenoxy) is 1. The minimum atomic E-state index is -0.158. The average Bonchev–Trinajstić information content (AvgIpc) is 2.74. The van der Waals surface area contributed by atoms with Crippen LogP contribution in [0.5, 0.6) is 5.75 Å². The molecule has 0 spiro atoms. The molecule has 0 bridgehead atoms. The first-order valence-corrected chi connectivity index (χ1v) is 9.94. The van der Waals surface area contributed by atoms with Gasteiger partial charge in [0, 0.05) is 55.4 Å². The minimum Gasteiger partial charge on any atom is -0.497 e. The zero-order chi connectivity index (χ0) is 19.5. The topological polar surface area (TPSA) is 56.8 Å². The molecule has 28 heavy (non-hydrogen) atoms. The highest BCUT2D eigenvalue weighted by Crippen LogP contribution is 2.25. The maximum absolute atomic E-state index is 12.3. The number of hydrogen-bond donors (Lipinski definition) is 2. The van der Waals surface area contributed by atoms with E-state index in [1.54, 1.807) is 7.11 Å². The molecule has 1 amide bonds. The Morgan fingerprint density at radius 1 is 1.07 bits per heavy atom. The molecule has 6 nitrogen and oxygen atoms in total. The molecule has 0 radical (unpaired) electrons. The average molecular weight is 401 g/mol. The fourth-order valence-corrected chi connectivity index (χ4v) is 3.97. The first kappa shape index (κ1) is 19.1. The minimum absolute atomic E-state index is 0.00701. The van der Waals surface area contributed by atoms with Crippen LogP contribution in [0.25, 0.3) is 0 Å². The first-order valence-electron chi connectivity index (χ1n) is 9.56. The second-order valence-corrected chi connectivity index (χ2v) is 7.61. The normalized spacial score (nSPS) is 23.4. The zero-order valence-electron chi connectivity index (χ0n) is 15.9. The Kier molecular flexibility index (Phi) is 5.71. The fourth-order valence-electron chi connectivity index (χ4n) is 3.84. The predicted molar refractivity (Wildman–Crippen MR) is 111 cm³/mol. The number of halogens is 1. The summed E-state index contributed by atoms with van der Waals surface area (Å²) in [5, 5.41) is 7.36. The molecule has 148 valence electrons. The summed E-state index contributed by atoms with van der Waals surface area (Å²) in [5.74, 6) is 0.936. The molecule has 2 unspecified atom stereocenters. The Morgan fingerprint density at radius 2 is 1.82 bits per heavy atom. The number of nitrogens with zero attached hydrogens (tertiary/aromatic N) is 2. The number of carbonyl (C=O) groups is 1. The van der Waals surface area contributed by atoms with Crippen molar-refractivity contribution in [2.24, 2.45) is 0 Å².